The fraction of sp³-hybridized carbons (Fsp3) is 0.400. The standard InChI is InChI=1S/C15H21N3O/c1-4-7-18-10-16-8-13(18)9-17-14-6-5-11(2)15(19)12(14)3/h5-6,8,10,17,19H,4,7,9H2,1-3H3. The lowest BCUT2D eigenvalue weighted by atomic mass is 10.1. The van der Waals surface area contributed by atoms with E-state index in [4.69, 9.17) is 0 Å². The first kappa shape index (κ1) is 13.5. The second-order valence-corrected chi connectivity index (χ2v) is 4.84. The molecule has 0 aliphatic heterocycles. The van der Waals surface area contributed by atoms with Crippen LogP contribution in [0.4, 0.5) is 5.69 Å². The van der Waals surface area contributed by atoms with Crippen molar-refractivity contribution >= 4 is 5.69 Å². The van der Waals surface area contributed by atoms with Gasteiger partial charge in [-0.15, -0.1) is 0 Å². The minimum atomic E-state index is 0.368. The molecule has 0 amide bonds. The number of nitrogens with zero attached hydrogens (tertiary/aromatic N) is 2. The Morgan fingerprint density at radius 2 is 2.11 bits per heavy atom. The molecule has 1 aromatic carbocycles. The summed E-state index contributed by atoms with van der Waals surface area (Å²) < 4.78 is 2.15. The van der Waals surface area contributed by atoms with E-state index in [1.54, 1.807) is 0 Å². The van der Waals surface area contributed by atoms with Crippen molar-refractivity contribution in [1.82, 2.24) is 9.55 Å². The Morgan fingerprint density at radius 3 is 2.84 bits per heavy atom. The molecule has 0 aliphatic carbocycles. The van der Waals surface area contributed by atoms with Gasteiger partial charge in [-0.05, 0) is 31.9 Å². The van der Waals surface area contributed by atoms with Gasteiger partial charge in [-0.1, -0.05) is 13.0 Å². The topological polar surface area (TPSA) is 50.1 Å². The predicted molar refractivity (Wildman–Crippen MR) is 77.4 cm³/mol. The fourth-order valence-corrected chi connectivity index (χ4v) is 2.15. The van der Waals surface area contributed by atoms with Crippen LogP contribution in [-0.2, 0) is 13.1 Å². The van der Waals surface area contributed by atoms with Crippen LogP contribution in [0.2, 0.25) is 0 Å². The number of anilines is 1. The van der Waals surface area contributed by atoms with Crippen LogP contribution >= 0.6 is 0 Å². The van der Waals surface area contributed by atoms with Crippen molar-refractivity contribution in [1.29, 1.82) is 0 Å². The molecular weight excluding hydrogens is 238 g/mol. The number of hydrogen-bond donors (Lipinski definition) is 2. The van der Waals surface area contributed by atoms with Crippen LogP contribution in [0.1, 0.15) is 30.2 Å². The maximum Gasteiger partial charge on any atom is 0.123 e. The Labute approximate surface area is 114 Å². The van der Waals surface area contributed by atoms with E-state index < -0.39 is 0 Å². The molecule has 2 rings (SSSR count). The molecule has 0 aliphatic rings. The molecule has 0 saturated heterocycles. The van der Waals surface area contributed by atoms with Crippen molar-refractivity contribution in [3.05, 3.63) is 41.5 Å². The van der Waals surface area contributed by atoms with Gasteiger partial charge in [-0.3, -0.25) is 0 Å². The number of hydrogen-bond acceptors (Lipinski definition) is 3. The average Bonchev–Trinajstić information content (AvgIpc) is 2.83. The number of rotatable bonds is 5. The average molecular weight is 259 g/mol. The Hall–Kier alpha value is -1.97. The van der Waals surface area contributed by atoms with Crippen molar-refractivity contribution in [2.75, 3.05) is 5.32 Å². The molecule has 0 fully saturated rings. The highest BCUT2D eigenvalue weighted by Crippen LogP contribution is 2.28. The van der Waals surface area contributed by atoms with Gasteiger partial charge in [0.05, 0.1) is 18.6 Å². The summed E-state index contributed by atoms with van der Waals surface area (Å²) in [6.45, 7) is 7.67. The highest BCUT2D eigenvalue weighted by atomic mass is 16.3. The number of phenols is 1. The molecule has 2 N–H and O–H groups in total. The fourth-order valence-electron chi connectivity index (χ4n) is 2.15. The van der Waals surface area contributed by atoms with Crippen molar-refractivity contribution < 1.29 is 5.11 Å². The van der Waals surface area contributed by atoms with Crippen LogP contribution in [0.5, 0.6) is 5.75 Å². The number of phenolic OH excluding ortho intramolecular Hbond substituents is 1. The molecule has 0 radical (unpaired) electrons. The SMILES string of the molecule is CCCn1cncc1CNc1ccc(C)c(O)c1C. The number of aromatic hydroxyl groups is 1. The van der Waals surface area contributed by atoms with Crippen molar-refractivity contribution in [3.63, 3.8) is 0 Å². The van der Waals surface area contributed by atoms with Crippen molar-refractivity contribution in [3.8, 4) is 5.75 Å². The van der Waals surface area contributed by atoms with Gasteiger partial charge in [0.15, 0.2) is 0 Å². The summed E-state index contributed by atoms with van der Waals surface area (Å²) >= 11 is 0. The Bertz CT molecular complexity index is 561. The lowest BCUT2D eigenvalue weighted by molar-refractivity contribution is 0.467. The first-order chi connectivity index (χ1) is 9.13. The predicted octanol–water partition coefficient (Wildman–Crippen LogP) is 3.23. The molecule has 4 heteroatoms. The molecule has 1 heterocycles. The van der Waals surface area contributed by atoms with Crippen LogP contribution in [0.25, 0.3) is 0 Å². The summed E-state index contributed by atoms with van der Waals surface area (Å²) in [5.74, 6) is 0.368. The molecule has 0 bridgehead atoms. The van der Waals surface area contributed by atoms with Gasteiger partial charge in [0.25, 0.3) is 0 Å². The minimum Gasteiger partial charge on any atom is -0.507 e. The van der Waals surface area contributed by atoms with Gasteiger partial charge in [0, 0.05) is 24.0 Å². The van der Waals surface area contributed by atoms with Gasteiger partial charge >= 0.3 is 0 Å². The van der Waals surface area contributed by atoms with E-state index in [1.807, 2.05) is 38.5 Å². The summed E-state index contributed by atoms with van der Waals surface area (Å²) in [5, 5.41) is 13.3. The van der Waals surface area contributed by atoms with Crippen LogP contribution in [0.3, 0.4) is 0 Å². The van der Waals surface area contributed by atoms with Crippen molar-refractivity contribution in [2.45, 2.75) is 40.3 Å². The summed E-state index contributed by atoms with van der Waals surface area (Å²) in [6.07, 6.45) is 4.83. The maximum absolute atomic E-state index is 9.93. The third kappa shape index (κ3) is 2.89. The van der Waals surface area contributed by atoms with Crippen LogP contribution in [0, 0.1) is 13.8 Å². The van der Waals surface area contributed by atoms with Crippen LogP contribution in [0.15, 0.2) is 24.7 Å². The highest BCUT2D eigenvalue weighted by Gasteiger charge is 2.07. The Kier molecular flexibility index (Phi) is 4.10. The van der Waals surface area contributed by atoms with E-state index in [-0.39, 0.29) is 0 Å². The number of benzene rings is 1. The molecule has 19 heavy (non-hydrogen) atoms. The lowest BCUT2D eigenvalue weighted by Crippen LogP contribution is -2.07. The van der Waals surface area contributed by atoms with E-state index in [1.165, 1.54) is 0 Å². The van der Waals surface area contributed by atoms with E-state index in [0.717, 1.165) is 35.5 Å². The molecule has 102 valence electrons. The van der Waals surface area contributed by atoms with E-state index >= 15 is 0 Å². The molecule has 4 nitrogen and oxygen atoms in total. The van der Waals surface area contributed by atoms with E-state index in [9.17, 15) is 5.11 Å². The van der Waals surface area contributed by atoms with Gasteiger partial charge in [0.1, 0.15) is 5.75 Å². The normalized spacial score (nSPS) is 10.7. The third-order valence-electron chi connectivity index (χ3n) is 3.36. The Morgan fingerprint density at radius 1 is 1.32 bits per heavy atom. The molecule has 0 unspecified atom stereocenters. The molecule has 0 spiro atoms. The monoisotopic (exact) mass is 259 g/mol. The smallest absolute Gasteiger partial charge is 0.123 e. The number of aromatic nitrogens is 2. The van der Waals surface area contributed by atoms with Crippen molar-refractivity contribution in [2.24, 2.45) is 0 Å². The van der Waals surface area contributed by atoms with Crippen LogP contribution in [-0.4, -0.2) is 14.7 Å². The zero-order valence-corrected chi connectivity index (χ0v) is 11.8. The number of imidazole rings is 1. The molecule has 2 aromatic rings. The first-order valence-electron chi connectivity index (χ1n) is 6.65. The maximum atomic E-state index is 9.93. The van der Waals surface area contributed by atoms with Gasteiger partial charge in [-0.2, -0.15) is 0 Å². The molecule has 0 atom stereocenters. The zero-order valence-electron chi connectivity index (χ0n) is 11.8. The van der Waals surface area contributed by atoms with Gasteiger partial charge in [-0.25, -0.2) is 4.98 Å². The second-order valence-electron chi connectivity index (χ2n) is 4.84. The molecular formula is C15H21N3O. The minimum absolute atomic E-state index is 0.368. The first-order valence-corrected chi connectivity index (χ1v) is 6.65. The summed E-state index contributed by atoms with van der Waals surface area (Å²) in [6, 6.07) is 3.93. The van der Waals surface area contributed by atoms with Gasteiger partial charge < -0.3 is 15.0 Å². The third-order valence-corrected chi connectivity index (χ3v) is 3.36. The van der Waals surface area contributed by atoms with Gasteiger partial charge in [0.2, 0.25) is 0 Å². The second kappa shape index (κ2) is 5.78. The zero-order chi connectivity index (χ0) is 13.8. The van der Waals surface area contributed by atoms with E-state index in [2.05, 4.69) is 21.8 Å². The lowest BCUT2D eigenvalue weighted by Gasteiger charge is -2.13. The highest BCUT2D eigenvalue weighted by molar-refractivity contribution is 5.59. The Balaban J connectivity index is 2.10. The number of aryl methyl sites for hydroxylation is 2. The summed E-state index contributed by atoms with van der Waals surface area (Å²) in [4.78, 5) is 4.18. The molecule has 0 saturated carbocycles. The summed E-state index contributed by atoms with van der Waals surface area (Å²) in [7, 11) is 0. The number of nitrogens with one attached hydrogen (secondary N) is 1. The van der Waals surface area contributed by atoms with Crippen LogP contribution < -0.4 is 5.32 Å². The quantitative estimate of drug-likeness (QED) is 0.866. The largest absolute Gasteiger partial charge is 0.507 e. The van der Waals surface area contributed by atoms with E-state index in [0.29, 0.717) is 12.3 Å². The molecule has 1 aromatic heterocycles. The summed E-state index contributed by atoms with van der Waals surface area (Å²) in [5.41, 5.74) is 3.91.